The van der Waals surface area contributed by atoms with Crippen LogP contribution in [0, 0.1) is 10.2 Å². The third kappa shape index (κ3) is 24.8. The molecule has 0 fully saturated rings. The van der Waals surface area contributed by atoms with E-state index in [9.17, 15) is 0 Å². The molecule has 0 unspecified atom stereocenters. The molecule has 0 saturated carbocycles. The fourth-order valence-electron chi connectivity index (χ4n) is 0.360. The monoisotopic (exact) mass is 260 g/mol. The summed E-state index contributed by atoms with van der Waals surface area (Å²) in [5.41, 5.74) is 0. The van der Waals surface area contributed by atoms with E-state index in [0.29, 0.717) is 0 Å². The quantitative estimate of drug-likeness (QED) is 0.288. The maximum Gasteiger partial charge on any atom is 0.165 e. The second-order valence-electron chi connectivity index (χ2n) is 2.87. The van der Waals surface area contributed by atoms with Crippen LogP contribution >= 0.6 is 11.6 Å². The molecule has 15 heavy (non-hydrogen) atoms. The predicted octanol–water partition coefficient (Wildman–Crippen LogP) is -3.78. The highest BCUT2D eigenvalue weighted by Gasteiger charge is 1.91. The molecule has 0 bridgehead atoms. The lowest BCUT2D eigenvalue weighted by Crippen LogP contribution is -2.68. The van der Waals surface area contributed by atoms with Crippen LogP contribution in [0.4, 0.5) is 0 Å². The van der Waals surface area contributed by atoms with Crippen LogP contribution in [0.25, 0.3) is 0 Å². The van der Waals surface area contributed by atoms with Crippen molar-refractivity contribution >= 4 is 17.8 Å². The Kier molecular flexibility index (Phi) is 8.93. The molecule has 0 atom stereocenters. The average Bonchev–Trinajstić information content (AvgIpc) is 1.96. The fraction of sp³-hybridized carbons (Fsp3) is 0.571. The molecule has 6 nitrogen and oxygen atoms in total. The van der Waals surface area contributed by atoms with Gasteiger partial charge in [-0.1, -0.05) is 11.6 Å². The van der Waals surface area contributed by atoms with Gasteiger partial charge in [0.1, 0.15) is 19.3 Å². The van der Waals surface area contributed by atoms with E-state index in [2.05, 4.69) is 0 Å². The molecule has 0 heterocycles. The maximum atomic E-state index is 8.49. The third-order valence-electron chi connectivity index (χ3n) is 0.937. The molecule has 90 valence electrons. The van der Waals surface area contributed by atoms with E-state index in [1.165, 1.54) is 0 Å². The van der Waals surface area contributed by atoms with Crippen molar-refractivity contribution < 1.29 is 33.5 Å². The molecule has 8 heteroatoms. The van der Waals surface area contributed by atoms with Gasteiger partial charge in [0.25, 0.3) is 0 Å². The summed E-state index contributed by atoms with van der Waals surface area (Å²) in [7, 11) is 2.78. The van der Waals surface area contributed by atoms with Crippen LogP contribution < -0.4 is 18.6 Å². The van der Waals surface area contributed by atoms with Gasteiger partial charge in [0.2, 0.25) is 0 Å². The van der Waals surface area contributed by atoms with E-state index in [0.717, 1.165) is 5.16 Å². The van der Waals surface area contributed by atoms with Crippen LogP contribution in [-0.4, -0.2) is 43.9 Å². The molecule has 0 aliphatic heterocycles. The van der Waals surface area contributed by atoms with Crippen molar-refractivity contribution in [1.29, 1.82) is 0 Å². The average molecular weight is 261 g/mol. The van der Waals surface area contributed by atoms with Gasteiger partial charge < -0.3 is 4.90 Å². The van der Waals surface area contributed by atoms with Gasteiger partial charge in [0, 0.05) is 20.2 Å². The molecule has 0 N–H and O–H groups in total. The lowest BCUT2D eigenvalue weighted by atomic mass is 10.6. The molecule has 0 amide bonds. The fourth-order valence-corrected chi connectivity index (χ4v) is 0.416. The zero-order valence-electron chi connectivity index (χ0n) is 8.94. The van der Waals surface area contributed by atoms with E-state index in [-0.39, 0.29) is 0 Å². The van der Waals surface area contributed by atoms with Crippen molar-refractivity contribution in [2.75, 3.05) is 28.2 Å². The van der Waals surface area contributed by atoms with Gasteiger partial charge in [0.15, 0.2) is 6.21 Å². The van der Waals surface area contributed by atoms with Crippen LogP contribution in [0.3, 0.4) is 0 Å². The summed E-state index contributed by atoms with van der Waals surface area (Å²) in [5.74, 6) is 0. The van der Waals surface area contributed by atoms with Crippen LogP contribution in [0.1, 0.15) is 0 Å². The zero-order chi connectivity index (χ0) is 12.6. The smallest absolute Gasteiger partial charge is 0.165 e. The van der Waals surface area contributed by atoms with Gasteiger partial charge >= 0.3 is 0 Å². The van der Waals surface area contributed by atoms with Crippen LogP contribution in [-0.2, 0) is 0 Å². The molecule has 0 radical (unpaired) electrons. The lowest BCUT2D eigenvalue weighted by molar-refractivity contribution is -2.00. The standard InChI is InChI=1S/C7H14ClN2.ClHO4/c1-9(2)6-5-7(8)10(3)4;2-1(3,4)5/h5-6H,1-4H3;(H,2,3,4,5)/q+1;/p-1. The van der Waals surface area contributed by atoms with E-state index < -0.39 is 10.2 Å². The molecule has 0 saturated heterocycles. The van der Waals surface area contributed by atoms with E-state index in [1.54, 1.807) is 0 Å². The first-order valence-electron chi connectivity index (χ1n) is 3.70. The molecule has 0 aliphatic rings. The Morgan fingerprint density at radius 2 is 1.53 bits per heavy atom. The van der Waals surface area contributed by atoms with Gasteiger partial charge in [-0.15, -0.1) is 10.2 Å². The highest BCUT2D eigenvalue weighted by molar-refractivity contribution is 6.30. The molecular formula is C7H14Cl2N2O4. The van der Waals surface area contributed by atoms with Crippen molar-refractivity contribution in [2.24, 2.45) is 0 Å². The summed E-state index contributed by atoms with van der Waals surface area (Å²) >= 11 is 5.79. The topological polar surface area (TPSA) is 98.5 Å². The minimum atomic E-state index is -4.94. The Bertz CT molecular complexity index is 226. The molecular weight excluding hydrogens is 247 g/mol. The number of hydrogen-bond acceptors (Lipinski definition) is 5. The Labute approximate surface area is 96.1 Å². The number of hydrogen-bond donors (Lipinski definition) is 0. The summed E-state index contributed by atoms with van der Waals surface area (Å²) in [5, 5.41) is 0.730. The van der Waals surface area contributed by atoms with Gasteiger partial charge in [0.05, 0.1) is 0 Å². The Balaban J connectivity index is 0. The molecule has 0 aromatic carbocycles. The normalized spacial score (nSPS) is 11.4. The number of rotatable bonds is 2. The summed E-state index contributed by atoms with van der Waals surface area (Å²) < 4.78 is 35.9. The van der Waals surface area contributed by atoms with Crippen molar-refractivity contribution in [3.05, 3.63) is 11.2 Å². The predicted molar refractivity (Wildman–Crippen MR) is 45.8 cm³/mol. The second kappa shape index (κ2) is 7.86. The van der Waals surface area contributed by atoms with Crippen molar-refractivity contribution in [3.8, 4) is 0 Å². The maximum absolute atomic E-state index is 8.49. The second-order valence-corrected chi connectivity index (χ2v) is 4.02. The summed E-state index contributed by atoms with van der Waals surface area (Å²) in [4.78, 5) is 1.85. The minimum Gasteiger partial charge on any atom is -0.368 e. The molecule has 0 aromatic rings. The molecule has 0 aromatic heterocycles. The molecule has 0 aliphatic carbocycles. The van der Waals surface area contributed by atoms with Gasteiger partial charge in [-0.25, -0.2) is 23.2 Å². The largest absolute Gasteiger partial charge is 0.368 e. The van der Waals surface area contributed by atoms with Gasteiger partial charge in [-0.05, 0) is 0 Å². The van der Waals surface area contributed by atoms with Crippen LogP contribution in [0.2, 0.25) is 0 Å². The van der Waals surface area contributed by atoms with Crippen molar-refractivity contribution in [1.82, 2.24) is 4.90 Å². The summed E-state index contributed by atoms with van der Waals surface area (Å²) in [6.07, 6.45) is 3.75. The van der Waals surface area contributed by atoms with Gasteiger partial charge in [-0.2, -0.15) is 0 Å². The third-order valence-corrected chi connectivity index (χ3v) is 1.40. The SMILES string of the molecule is CN(C)/C(Cl)=C/C=[N+](C)C.[O-][Cl+3]([O-])([O-])[O-]. The minimum absolute atomic E-state index is 0.730. The van der Waals surface area contributed by atoms with E-state index in [4.69, 9.17) is 30.2 Å². The van der Waals surface area contributed by atoms with Gasteiger partial charge in [-0.3, -0.25) is 0 Å². The van der Waals surface area contributed by atoms with E-state index in [1.807, 2.05) is 50.0 Å². The Morgan fingerprint density at radius 1 is 1.20 bits per heavy atom. The number of halogens is 2. The first kappa shape index (κ1) is 17.0. The van der Waals surface area contributed by atoms with Crippen LogP contribution in [0.5, 0.6) is 0 Å². The van der Waals surface area contributed by atoms with Crippen molar-refractivity contribution in [2.45, 2.75) is 0 Å². The number of allylic oxidation sites excluding steroid dienone is 1. The first-order valence-corrected chi connectivity index (χ1v) is 5.31. The molecule has 0 rings (SSSR count). The number of nitrogens with zero attached hydrogens (tertiary/aromatic N) is 2. The highest BCUT2D eigenvalue weighted by atomic mass is 35.7. The lowest BCUT2D eigenvalue weighted by Gasteiger charge is -2.17. The Morgan fingerprint density at radius 3 is 1.73 bits per heavy atom. The van der Waals surface area contributed by atoms with E-state index >= 15 is 0 Å². The Hall–Kier alpha value is -0.370. The summed E-state index contributed by atoms with van der Waals surface area (Å²) in [6.45, 7) is 0. The zero-order valence-corrected chi connectivity index (χ0v) is 10.4. The molecule has 0 spiro atoms. The highest BCUT2D eigenvalue weighted by Crippen LogP contribution is 2.01. The first-order chi connectivity index (χ1) is 6.54. The van der Waals surface area contributed by atoms with Crippen LogP contribution in [0.15, 0.2) is 11.2 Å². The summed E-state index contributed by atoms with van der Waals surface area (Å²) in [6, 6.07) is 0. The van der Waals surface area contributed by atoms with Crippen molar-refractivity contribution in [3.63, 3.8) is 0 Å².